The maximum Gasteiger partial charge on any atom is 0.490 e. The predicted molar refractivity (Wildman–Crippen MR) is 427 cm³/mol. The Labute approximate surface area is 684 Å². The molecular formula is C76H100F3N21O18S. The average Bonchev–Trinajstić information content (AvgIpc) is 1.71. The normalized spacial score (nSPS) is 13.5. The number of halogens is 3. The molecule has 0 saturated carbocycles. The zero-order chi connectivity index (χ0) is 87.9. The first-order valence-corrected chi connectivity index (χ1v) is 38.6. The molecule has 39 nitrogen and oxygen atoms in total. The summed E-state index contributed by atoms with van der Waals surface area (Å²) in [4.78, 5) is 201. The molecule has 119 heavy (non-hydrogen) atoms. The lowest BCUT2D eigenvalue weighted by Gasteiger charge is -2.28. The van der Waals surface area contributed by atoms with Crippen LogP contribution in [0.1, 0.15) is 80.3 Å². The van der Waals surface area contributed by atoms with Crippen molar-refractivity contribution < 1.29 is 101 Å². The van der Waals surface area contributed by atoms with Crippen molar-refractivity contribution >= 4 is 117 Å². The molecule has 0 aliphatic carbocycles. The van der Waals surface area contributed by atoms with Crippen LogP contribution in [0, 0.1) is 16.7 Å². The number of nitrogens with zero attached hydrogens (tertiary/aromatic N) is 1. The van der Waals surface area contributed by atoms with Crippen molar-refractivity contribution in [2.45, 2.75) is 151 Å². The van der Waals surface area contributed by atoms with Crippen molar-refractivity contribution in [2.75, 3.05) is 38.2 Å². The molecule has 2 aromatic heterocycles. The molecule has 11 amide bonds. The number of aromatic hydroxyl groups is 1. The third-order valence-electron chi connectivity index (χ3n) is 17.7. The van der Waals surface area contributed by atoms with E-state index < -0.39 is 187 Å². The first-order valence-electron chi connectivity index (χ1n) is 37.2. The topological polar surface area (TPSA) is 647 Å². The Bertz CT molecular complexity index is 4430. The summed E-state index contributed by atoms with van der Waals surface area (Å²) < 4.78 is 31.7. The fourth-order valence-corrected chi connectivity index (χ4v) is 12.1. The number of amides is 11. The summed E-state index contributed by atoms with van der Waals surface area (Å²) in [7, 11) is 0. The summed E-state index contributed by atoms with van der Waals surface area (Å²) in [6, 6.07) is 14.8. The quantitative estimate of drug-likeness (QED) is 0.0113. The Morgan fingerprint density at radius 3 is 1.41 bits per heavy atom. The third-order valence-corrected chi connectivity index (χ3v) is 18.4. The van der Waals surface area contributed by atoms with E-state index in [1.54, 1.807) is 123 Å². The number of carbonyl (C=O) groups is 14. The summed E-state index contributed by atoms with van der Waals surface area (Å²) in [5.41, 5.74) is 20.3. The molecule has 0 fully saturated rings. The van der Waals surface area contributed by atoms with E-state index in [1.165, 1.54) is 36.4 Å². The van der Waals surface area contributed by atoms with E-state index >= 15 is 14.4 Å². The number of carboxylic acid groups (broad SMARTS) is 3. The van der Waals surface area contributed by atoms with Crippen LogP contribution in [0.2, 0.25) is 0 Å². The van der Waals surface area contributed by atoms with Crippen molar-refractivity contribution in [3.8, 4) is 5.75 Å². The molecule has 6 rings (SSSR count). The molecule has 0 saturated heterocycles. The monoisotopic (exact) mass is 1680 g/mol. The SMILES string of the molecule is CSCC[C@H](NC(=O)[C@@H](NC(=O)[C@@H](N)Cc1ccc(O)cc1)C(C)C)C(=O)NCC(=O)N[C@@H](Cc1c[nH]cn1)C(=O)N[C@@H](Cc1ccccc1)C(=O)N[C@@H](CCCNC(=N)N)C(=O)N[C@H](Cc1c[nH]c2ccccc12)C(=O)N[C@@H](CC(=O)O)C(=O)N[C@@H](CCCNC(=N)N)C(=O)N[C@@H](Cc1ccccc1)C(=O)NCC(=O)O.O=C(O)C(F)(F)F. The number of rotatable bonds is 47. The fraction of sp³-hybridized carbons (Fsp3) is 0.408. The minimum absolute atomic E-state index is 0.0122. The number of aromatic amines is 2. The number of benzene rings is 4. The number of nitrogens with one attached hydrogen (secondary N) is 17. The number of aromatic nitrogens is 3. The number of para-hydroxylation sites is 1. The average molecular weight is 1680 g/mol. The molecule has 0 aliphatic rings. The first-order chi connectivity index (χ1) is 56.4. The number of carboxylic acids is 3. The number of phenols is 1. The van der Waals surface area contributed by atoms with Crippen LogP contribution in [0.15, 0.2) is 128 Å². The van der Waals surface area contributed by atoms with Gasteiger partial charge in [-0.05, 0) is 96.9 Å². The number of alkyl halides is 3. The molecule has 0 spiro atoms. The lowest BCUT2D eigenvalue weighted by Crippen LogP contribution is -2.61. The highest BCUT2D eigenvalue weighted by Gasteiger charge is 2.39. The Morgan fingerprint density at radius 2 is 0.924 bits per heavy atom. The van der Waals surface area contributed by atoms with Crippen LogP contribution >= 0.6 is 11.8 Å². The number of H-pyrrole nitrogens is 2. The van der Waals surface area contributed by atoms with Crippen LogP contribution in [0.4, 0.5) is 13.2 Å². The zero-order valence-electron chi connectivity index (χ0n) is 65.0. The molecule has 0 bridgehead atoms. The lowest BCUT2D eigenvalue weighted by molar-refractivity contribution is -0.192. The van der Waals surface area contributed by atoms with E-state index in [-0.39, 0.29) is 88.7 Å². The molecule has 644 valence electrons. The molecule has 43 heteroatoms. The third kappa shape index (κ3) is 34.9. The lowest BCUT2D eigenvalue weighted by atomic mass is 10.0. The highest BCUT2D eigenvalue weighted by Crippen LogP contribution is 2.21. The number of guanidine groups is 2. The number of hydrogen-bond acceptors (Lipinski definition) is 20. The van der Waals surface area contributed by atoms with Gasteiger partial charge in [0.1, 0.15) is 66.7 Å². The number of fused-ring (bicyclic) bond motifs is 1. The summed E-state index contributed by atoms with van der Waals surface area (Å²) in [6.07, 6.45) is -1.38. The van der Waals surface area contributed by atoms with Gasteiger partial charge < -0.3 is 117 Å². The van der Waals surface area contributed by atoms with Gasteiger partial charge in [0.15, 0.2) is 11.9 Å². The minimum atomic E-state index is -5.08. The highest BCUT2D eigenvalue weighted by molar-refractivity contribution is 7.98. The van der Waals surface area contributed by atoms with Gasteiger partial charge in [-0.15, -0.1) is 0 Å². The van der Waals surface area contributed by atoms with Gasteiger partial charge in [-0.2, -0.15) is 24.9 Å². The van der Waals surface area contributed by atoms with E-state index in [1.807, 2.05) is 0 Å². The number of phenolic OH excluding ortho intramolecular Hbond substituents is 1. The van der Waals surface area contributed by atoms with Gasteiger partial charge in [0.25, 0.3) is 0 Å². The van der Waals surface area contributed by atoms with E-state index in [9.17, 15) is 76.4 Å². The van der Waals surface area contributed by atoms with Gasteiger partial charge in [-0.1, -0.05) is 105 Å². The van der Waals surface area contributed by atoms with Gasteiger partial charge in [0.2, 0.25) is 65.0 Å². The number of thioether (sulfide) groups is 1. The zero-order valence-corrected chi connectivity index (χ0v) is 65.8. The highest BCUT2D eigenvalue weighted by atomic mass is 32.2. The van der Waals surface area contributed by atoms with Crippen LogP contribution in [0.25, 0.3) is 10.9 Å². The Hall–Kier alpha value is -13.3. The number of carbonyl (C=O) groups excluding carboxylic acids is 11. The van der Waals surface area contributed by atoms with Crippen LogP contribution in [0.3, 0.4) is 0 Å². The van der Waals surface area contributed by atoms with Crippen LogP contribution in [-0.4, -0.2) is 235 Å². The Morgan fingerprint density at radius 1 is 0.487 bits per heavy atom. The molecule has 10 atom stereocenters. The van der Waals surface area contributed by atoms with Gasteiger partial charge in [0.05, 0.1) is 31.0 Å². The first kappa shape index (κ1) is 96.2. The summed E-state index contributed by atoms with van der Waals surface area (Å²) in [5, 5.41) is 85.8. The largest absolute Gasteiger partial charge is 0.508 e. The number of hydrogen-bond donors (Lipinski definition) is 24. The number of imidazole rings is 1. The second-order valence-corrected chi connectivity index (χ2v) is 28.4. The van der Waals surface area contributed by atoms with Gasteiger partial charge >= 0.3 is 24.1 Å². The van der Waals surface area contributed by atoms with Gasteiger partial charge in [-0.3, -0.25) is 73.1 Å². The molecule has 4 aromatic carbocycles. The second kappa shape index (κ2) is 48.9. The molecule has 2 heterocycles. The number of nitrogens with two attached hydrogens (primary N) is 3. The maximum atomic E-state index is 15.1. The molecule has 6 aromatic rings. The smallest absolute Gasteiger partial charge is 0.490 e. The van der Waals surface area contributed by atoms with E-state index in [4.69, 9.17) is 37.9 Å². The van der Waals surface area contributed by atoms with Crippen LogP contribution in [0.5, 0.6) is 5.75 Å². The van der Waals surface area contributed by atoms with E-state index in [2.05, 4.69) is 84.1 Å². The maximum absolute atomic E-state index is 15.1. The Balaban J connectivity index is 0.00000344. The van der Waals surface area contributed by atoms with E-state index in [0.29, 0.717) is 38.9 Å². The van der Waals surface area contributed by atoms with Crippen molar-refractivity contribution in [3.63, 3.8) is 0 Å². The van der Waals surface area contributed by atoms with Crippen LogP contribution in [-0.2, 0) is 99.2 Å². The van der Waals surface area contributed by atoms with Gasteiger partial charge in [-0.25, -0.2) is 9.78 Å². The second-order valence-electron chi connectivity index (χ2n) is 27.4. The summed E-state index contributed by atoms with van der Waals surface area (Å²) in [5.74, 6) is -16.9. The van der Waals surface area contributed by atoms with Crippen molar-refractivity contribution in [3.05, 3.63) is 156 Å². The number of aliphatic carboxylic acids is 3. The minimum Gasteiger partial charge on any atom is -0.508 e. The summed E-state index contributed by atoms with van der Waals surface area (Å²) in [6.45, 7) is 1.78. The van der Waals surface area contributed by atoms with Crippen molar-refractivity contribution in [1.82, 2.24) is 84.1 Å². The fourth-order valence-electron chi connectivity index (χ4n) is 11.6. The molecular weight excluding hydrogens is 1580 g/mol. The summed E-state index contributed by atoms with van der Waals surface area (Å²) >= 11 is 1.37. The van der Waals surface area contributed by atoms with Crippen molar-refractivity contribution in [2.24, 2.45) is 23.1 Å². The Kier molecular flexibility index (Phi) is 39.5. The van der Waals surface area contributed by atoms with E-state index in [0.717, 1.165) is 0 Å². The molecule has 0 unspecified atom stereocenters. The molecule has 0 aliphatic heterocycles. The molecule has 0 radical (unpaired) electrons. The van der Waals surface area contributed by atoms with Crippen LogP contribution < -0.4 is 86.3 Å². The molecule has 27 N–H and O–H groups in total. The standard InChI is InChI=1S/C74H99N21O16S.C2HF3O2/c1-41(2)62(95-63(102)49(75)30-44-22-24-47(96)25-23-44)72(111)90-53(26-29-112-3)64(103)84-38-59(97)87-57(34-46-37-80-40-86-46)70(109)92-55(32-43-16-8-5-9-17-43)68(107)88-52(21-13-28-82-74(78)79)67(106)93-56(33-45-36-83-50-19-11-10-18-48(45)50)69(108)94-58(35-60(98)99)71(110)89-51(20-12-27-81-73(76)77)66(105)91-54(65(104)85-39-61(100)101)31-42-14-6-4-7-15-42;3-2(4,5)1(6)7/h4-11,14-19,22-25,36-37,40-41,49,51-58,62,83,96H,12-13,20-21,26-35,38-39,75H2,1-3H3,(H,80,86)(H,84,103)(H,85,104)(H,87,97)(H,88,107)(H,89,110)(H,90,111)(H,91,105)(H,92,109)(H,93,106)(H,94,108)(H,95,102)(H,98,99)(H,100,101)(H4,76,77,81)(H4,78,79,82);(H,6,7)/t49-,51-,52-,53-,54-,55-,56+,57-,58-,62-;/m0./s1. The predicted octanol–water partition coefficient (Wildman–Crippen LogP) is -1.84. The van der Waals surface area contributed by atoms with Gasteiger partial charge in [0, 0.05) is 62.1 Å². The van der Waals surface area contributed by atoms with Crippen molar-refractivity contribution in [1.29, 1.82) is 10.8 Å².